The summed E-state index contributed by atoms with van der Waals surface area (Å²) in [5.41, 5.74) is 2.27. The monoisotopic (exact) mass is 587 g/mol. The highest BCUT2D eigenvalue weighted by Gasteiger charge is 2.38. The highest BCUT2D eigenvalue weighted by molar-refractivity contribution is 7.80. The number of unbranched alkanes of at least 4 members (excludes halogenated alkanes) is 11. The van der Waals surface area contributed by atoms with Gasteiger partial charge in [-0.1, -0.05) is 181 Å². The molecule has 0 aromatic heterocycles. The lowest BCUT2D eigenvalue weighted by atomic mass is 9.80. The molecule has 3 aromatic carbocycles. The minimum absolute atomic E-state index is 0.191. The number of hydrogen-bond donors (Lipinski definition) is 1. The van der Waals surface area contributed by atoms with Gasteiger partial charge in [-0.2, -0.15) is 0 Å². The van der Waals surface area contributed by atoms with Crippen LogP contribution < -0.4 is 0 Å². The summed E-state index contributed by atoms with van der Waals surface area (Å²) in [4.78, 5) is 2.98. The average molecular weight is 588 g/mol. The number of benzene rings is 3. The van der Waals surface area contributed by atoms with Crippen molar-refractivity contribution in [3.05, 3.63) is 108 Å². The highest BCUT2D eigenvalue weighted by Crippen LogP contribution is 2.40. The largest absolute Gasteiger partial charge is 0.389 e. The van der Waals surface area contributed by atoms with E-state index in [0.717, 1.165) is 34.6 Å². The van der Waals surface area contributed by atoms with Crippen LogP contribution in [0, 0.1) is 0 Å². The summed E-state index contributed by atoms with van der Waals surface area (Å²) in [5, 5.41) is 11.2. The van der Waals surface area contributed by atoms with E-state index in [-0.39, 0.29) is 6.61 Å². The third-order valence-corrected chi connectivity index (χ3v) is 8.45. The van der Waals surface area contributed by atoms with Gasteiger partial charge >= 0.3 is 0 Å². The molecule has 0 spiro atoms. The normalized spacial score (nSPS) is 12.3. The van der Waals surface area contributed by atoms with Gasteiger partial charge in [-0.3, -0.25) is 0 Å². The maximum atomic E-state index is 11.2. The van der Waals surface area contributed by atoms with Crippen molar-refractivity contribution in [1.29, 1.82) is 0 Å². The van der Waals surface area contributed by atoms with Crippen molar-refractivity contribution in [2.24, 2.45) is 0 Å². The molecule has 0 aliphatic heterocycles. The molecule has 0 heterocycles. The molecule has 1 N–H and O–H groups in total. The molecule has 0 aliphatic rings. The minimum atomic E-state index is -0.835. The molecule has 42 heavy (non-hydrogen) atoms. The molecule has 1 atom stereocenters. The van der Waals surface area contributed by atoms with Gasteiger partial charge in [0, 0.05) is 13.1 Å². The lowest BCUT2D eigenvalue weighted by Gasteiger charge is -2.37. The van der Waals surface area contributed by atoms with Gasteiger partial charge in [-0.15, -0.1) is 0 Å². The fourth-order valence-corrected chi connectivity index (χ4v) is 5.98. The Morgan fingerprint density at radius 1 is 0.667 bits per heavy atom. The van der Waals surface area contributed by atoms with E-state index in [1.165, 1.54) is 70.6 Å². The zero-order valence-corrected chi connectivity index (χ0v) is 26.9. The fourth-order valence-electron chi connectivity index (χ4n) is 5.82. The second kappa shape index (κ2) is 19.6. The minimum Gasteiger partial charge on any atom is -0.389 e. The second-order valence-corrected chi connectivity index (χ2v) is 12.2. The van der Waals surface area contributed by atoms with E-state index in [2.05, 4.69) is 48.2 Å². The van der Waals surface area contributed by atoms with E-state index >= 15 is 0 Å². The van der Waals surface area contributed by atoms with Gasteiger partial charge in [0.25, 0.3) is 0 Å². The van der Waals surface area contributed by atoms with Crippen LogP contribution in [-0.2, 0) is 10.3 Å². The smallest absolute Gasteiger partial charge is 0.143 e. The van der Waals surface area contributed by atoms with E-state index in [9.17, 15) is 5.11 Å². The molecule has 1 unspecified atom stereocenters. The van der Waals surface area contributed by atoms with Crippen molar-refractivity contribution >= 4 is 17.2 Å². The number of aliphatic hydroxyl groups excluding tert-OH is 1. The molecule has 0 saturated carbocycles. The number of rotatable bonds is 21. The molecule has 0 saturated heterocycles. The van der Waals surface area contributed by atoms with Crippen molar-refractivity contribution in [2.45, 2.75) is 103 Å². The van der Waals surface area contributed by atoms with Gasteiger partial charge in [0.05, 0.1) is 17.7 Å². The Balaban J connectivity index is 1.54. The average Bonchev–Trinajstić information content (AvgIpc) is 3.03. The molecule has 4 heteroatoms. The first-order valence-electron chi connectivity index (χ1n) is 16.3. The van der Waals surface area contributed by atoms with Crippen LogP contribution in [0.15, 0.2) is 91.0 Å². The number of nitrogens with zero attached hydrogens (tertiary/aromatic N) is 1. The van der Waals surface area contributed by atoms with Gasteiger partial charge in [0.2, 0.25) is 0 Å². The van der Waals surface area contributed by atoms with Crippen molar-refractivity contribution in [3.63, 3.8) is 0 Å². The fraction of sp³-hybridized carbons (Fsp3) is 0.500. The zero-order valence-electron chi connectivity index (χ0n) is 26.1. The predicted octanol–water partition coefficient (Wildman–Crippen LogP) is 9.71. The van der Waals surface area contributed by atoms with E-state index < -0.39 is 11.7 Å². The number of hydrogen-bond acceptors (Lipinski definition) is 3. The lowest BCUT2D eigenvalue weighted by Crippen LogP contribution is -2.41. The Kier molecular flexibility index (Phi) is 15.9. The van der Waals surface area contributed by atoms with Crippen LogP contribution in [0.5, 0.6) is 0 Å². The first-order chi connectivity index (χ1) is 20.6. The van der Waals surface area contributed by atoms with Crippen LogP contribution >= 0.6 is 12.2 Å². The second-order valence-electron chi connectivity index (χ2n) is 11.6. The summed E-state index contributed by atoms with van der Waals surface area (Å²) >= 11 is 5.58. The Labute approximate surface area is 261 Å². The van der Waals surface area contributed by atoms with Crippen molar-refractivity contribution in [3.8, 4) is 0 Å². The first-order valence-corrected chi connectivity index (χ1v) is 16.7. The molecule has 0 amide bonds. The highest BCUT2D eigenvalue weighted by atomic mass is 32.1. The third-order valence-electron chi connectivity index (χ3n) is 8.19. The molecule has 0 fully saturated rings. The molecular formula is C38H53NO2S. The van der Waals surface area contributed by atoms with Crippen molar-refractivity contribution in [2.75, 3.05) is 19.7 Å². The molecule has 3 aromatic rings. The predicted molar refractivity (Wildman–Crippen MR) is 182 cm³/mol. The summed E-state index contributed by atoms with van der Waals surface area (Å²) in [6, 6.07) is 31.0. The third kappa shape index (κ3) is 10.9. The van der Waals surface area contributed by atoms with Crippen LogP contribution in [-0.4, -0.2) is 40.8 Å². The Morgan fingerprint density at radius 3 is 1.43 bits per heavy atom. The molecule has 3 rings (SSSR count). The van der Waals surface area contributed by atoms with Gasteiger partial charge in [0.15, 0.2) is 0 Å². The summed E-state index contributed by atoms with van der Waals surface area (Å²) in [6.45, 7) is 5.79. The van der Waals surface area contributed by atoms with E-state index in [1.54, 1.807) is 0 Å². The summed E-state index contributed by atoms with van der Waals surface area (Å²) in [6.07, 6.45) is 15.3. The van der Waals surface area contributed by atoms with Crippen LogP contribution in [0.25, 0.3) is 0 Å². The SMILES string of the molecule is CCCCCCCCCCCCCCN(CC(O)COC(c1ccccc1)(c1ccccc1)c1ccccc1)C(C)=S. The van der Waals surface area contributed by atoms with Crippen LogP contribution in [0.1, 0.15) is 108 Å². The Bertz CT molecular complexity index is 1010. The molecule has 3 nitrogen and oxygen atoms in total. The van der Waals surface area contributed by atoms with Gasteiger partial charge < -0.3 is 14.7 Å². The topological polar surface area (TPSA) is 32.7 Å². The first kappa shape index (κ1) is 34.0. The molecule has 0 radical (unpaired) electrons. The maximum absolute atomic E-state index is 11.2. The lowest BCUT2D eigenvalue weighted by molar-refractivity contribution is -0.0423. The summed E-state index contributed by atoms with van der Waals surface area (Å²) in [7, 11) is 0. The molecule has 0 bridgehead atoms. The van der Waals surface area contributed by atoms with E-state index in [1.807, 2.05) is 61.5 Å². The molecule has 0 aliphatic carbocycles. The zero-order chi connectivity index (χ0) is 29.9. The van der Waals surface area contributed by atoms with E-state index in [0.29, 0.717) is 6.54 Å². The quantitative estimate of drug-likeness (QED) is 0.0764. The van der Waals surface area contributed by atoms with Crippen molar-refractivity contribution < 1.29 is 9.84 Å². The van der Waals surface area contributed by atoms with Gasteiger partial charge in [-0.05, 0) is 30.0 Å². The summed E-state index contributed by atoms with van der Waals surface area (Å²) < 4.78 is 6.83. The van der Waals surface area contributed by atoms with Crippen LogP contribution in [0.4, 0.5) is 0 Å². The van der Waals surface area contributed by atoms with Crippen LogP contribution in [0.2, 0.25) is 0 Å². The van der Waals surface area contributed by atoms with Crippen LogP contribution in [0.3, 0.4) is 0 Å². The number of thiocarbonyl (C=S) groups is 1. The number of aliphatic hydroxyl groups is 1. The Hall–Kier alpha value is -2.53. The maximum Gasteiger partial charge on any atom is 0.143 e. The van der Waals surface area contributed by atoms with E-state index in [4.69, 9.17) is 17.0 Å². The standard InChI is InChI=1S/C38H53NO2S/c1-3-4-5-6-7-8-9-10-11-12-13-23-30-39(33(2)42)31-37(40)32-41-38(34-24-17-14-18-25-34,35-26-19-15-20-27-35)36-28-21-16-22-29-36/h14-22,24-29,37,40H,3-13,23,30-32H2,1-2H3. The van der Waals surface area contributed by atoms with Crippen molar-refractivity contribution in [1.82, 2.24) is 4.90 Å². The number of ether oxygens (including phenoxy) is 1. The van der Waals surface area contributed by atoms with Gasteiger partial charge in [-0.25, -0.2) is 0 Å². The molecule has 228 valence electrons. The van der Waals surface area contributed by atoms with Gasteiger partial charge in [0.1, 0.15) is 5.60 Å². The molecular weight excluding hydrogens is 534 g/mol. The summed E-state index contributed by atoms with van der Waals surface area (Å²) in [5.74, 6) is 0. The Morgan fingerprint density at radius 2 is 1.05 bits per heavy atom.